The van der Waals surface area contributed by atoms with Gasteiger partial charge in [0, 0.05) is 11.5 Å². The molecule has 1 aromatic carbocycles. The van der Waals surface area contributed by atoms with Crippen molar-refractivity contribution >= 4 is 12.0 Å². The van der Waals surface area contributed by atoms with Crippen LogP contribution in [-0.2, 0) is 9.53 Å². The Morgan fingerprint density at radius 1 is 0.905 bits per heavy atom. The molecule has 0 spiro atoms. The Labute approximate surface area is 255 Å². The highest BCUT2D eigenvalue weighted by Gasteiger charge is 2.70. The van der Waals surface area contributed by atoms with Crippen molar-refractivity contribution < 1.29 is 14.6 Å². The van der Waals surface area contributed by atoms with Gasteiger partial charge in [0.15, 0.2) is 0 Å². The smallest absolute Gasteiger partial charge is 0.330 e. The van der Waals surface area contributed by atoms with Gasteiger partial charge in [-0.05, 0) is 134 Å². The number of benzene rings is 1. The van der Waals surface area contributed by atoms with Gasteiger partial charge in [0.25, 0.3) is 0 Å². The van der Waals surface area contributed by atoms with E-state index in [4.69, 9.17) is 4.74 Å². The quantitative estimate of drug-likeness (QED) is 0.217. The maximum absolute atomic E-state index is 12.9. The summed E-state index contributed by atoms with van der Waals surface area (Å²) in [7, 11) is 0. The van der Waals surface area contributed by atoms with Gasteiger partial charge in [-0.15, -0.1) is 0 Å². The highest BCUT2D eigenvalue weighted by molar-refractivity contribution is 5.87. The van der Waals surface area contributed by atoms with Gasteiger partial charge in [0.05, 0.1) is 12.7 Å². The lowest BCUT2D eigenvalue weighted by molar-refractivity contribution is -0.249. The molecule has 5 fully saturated rings. The molecule has 3 nitrogen and oxygen atoms in total. The second-order valence-electron chi connectivity index (χ2n) is 16.8. The van der Waals surface area contributed by atoms with Crippen LogP contribution in [0.5, 0.6) is 0 Å². The van der Waals surface area contributed by atoms with Gasteiger partial charge in [0.2, 0.25) is 0 Å². The molecule has 0 unspecified atom stereocenters. The number of hydrogen-bond acceptors (Lipinski definition) is 3. The van der Waals surface area contributed by atoms with Gasteiger partial charge < -0.3 is 9.84 Å². The molecule has 0 amide bonds. The first kappa shape index (κ1) is 30.2. The first-order valence-corrected chi connectivity index (χ1v) is 17.0. The fourth-order valence-corrected chi connectivity index (χ4v) is 12.5. The van der Waals surface area contributed by atoms with Crippen molar-refractivity contribution in [3.63, 3.8) is 0 Å². The van der Waals surface area contributed by atoms with Crippen molar-refractivity contribution in [1.29, 1.82) is 0 Å². The minimum Gasteiger partial charge on any atom is -0.462 e. The second-order valence-corrected chi connectivity index (χ2v) is 16.8. The average Bonchev–Trinajstić information content (AvgIpc) is 3.34. The van der Waals surface area contributed by atoms with E-state index in [0.717, 1.165) is 31.2 Å². The third-order valence-electron chi connectivity index (χ3n) is 14.9. The SMILES string of the molecule is C=C(C)[C@@H]1CC[C@]2(COC(=O)/C=C/c3ccccc3)CC[C@]3(C)[C@H](CC[C@@H]4[C@@]5(C)CC[C@H](O)C(C)(C)[C@@H]5CC[C@]43C)[C@@H]12. The summed E-state index contributed by atoms with van der Waals surface area (Å²) >= 11 is 0. The highest BCUT2D eigenvalue weighted by atomic mass is 16.5. The van der Waals surface area contributed by atoms with Crippen molar-refractivity contribution in [3.05, 3.63) is 54.1 Å². The van der Waals surface area contributed by atoms with Crippen LogP contribution in [0.25, 0.3) is 6.08 Å². The molecule has 42 heavy (non-hydrogen) atoms. The van der Waals surface area contributed by atoms with Crippen molar-refractivity contribution in [2.24, 2.45) is 56.7 Å². The Kier molecular flexibility index (Phi) is 7.44. The molecule has 6 rings (SSSR count). The summed E-state index contributed by atoms with van der Waals surface area (Å²) in [6.45, 7) is 20.0. The lowest BCUT2D eigenvalue weighted by Gasteiger charge is -2.73. The number of aliphatic hydroxyl groups excluding tert-OH is 1. The summed E-state index contributed by atoms with van der Waals surface area (Å²) in [5.41, 5.74) is 3.26. The molecule has 5 aliphatic carbocycles. The van der Waals surface area contributed by atoms with Crippen molar-refractivity contribution in [2.45, 2.75) is 112 Å². The molecule has 230 valence electrons. The van der Waals surface area contributed by atoms with Crippen LogP contribution in [-0.4, -0.2) is 23.8 Å². The summed E-state index contributed by atoms with van der Waals surface area (Å²) in [4.78, 5) is 12.9. The Morgan fingerprint density at radius 3 is 2.36 bits per heavy atom. The van der Waals surface area contributed by atoms with Crippen molar-refractivity contribution in [2.75, 3.05) is 6.61 Å². The lowest BCUT2D eigenvalue weighted by atomic mass is 9.32. The molecule has 3 heteroatoms. The molecule has 0 bridgehead atoms. The van der Waals surface area contributed by atoms with E-state index in [1.54, 1.807) is 6.08 Å². The molecule has 0 aromatic heterocycles. The van der Waals surface area contributed by atoms with E-state index in [1.165, 1.54) is 44.1 Å². The van der Waals surface area contributed by atoms with Crippen molar-refractivity contribution in [1.82, 2.24) is 0 Å². The molecule has 1 N–H and O–H groups in total. The largest absolute Gasteiger partial charge is 0.462 e. The second kappa shape index (κ2) is 10.4. The molecule has 0 heterocycles. The number of fused-ring (bicyclic) bond motifs is 7. The molecule has 5 aliphatic rings. The third-order valence-corrected chi connectivity index (χ3v) is 14.9. The topological polar surface area (TPSA) is 46.5 Å². The van der Waals surface area contributed by atoms with Gasteiger partial charge in [-0.1, -0.05) is 77.1 Å². The fourth-order valence-electron chi connectivity index (χ4n) is 12.5. The van der Waals surface area contributed by atoms with Crippen LogP contribution >= 0.6 is 0 Å². The summed E-state index contributed by atoms with van der Waals surface area (Å²) < 4.78 is 6.12. The van der Waals surface area contributed by atoms with Gasteiger partial charge in [-0.25, -0.2) is 4.79 Å². The van der Waals surface area contributed by atoms with Crippen LogP contribution in [0.2, 0.25) is 0 Å². The highest BCUT2D eigenvalue weighted by Crippen LogP contribution is 2.77. The maximum atomic E-state index is 12.9. The van der Waals surface area contributed by atoms with Crippen LogP contribution in [0.15, 0.2) is 48.6 Å². The van der Waals surface area contributed by atoms with Crippen LogP contribution < -0.4 is 0 Å². The number of carbonyl (C=O) groups excluding carboxylic acids is 1. The van der Waals surface area contributed by atoms with Gasteiger partial charge in [0.1, 0.15) is 0 Å². The third kappa shape index (κ3) is 4.33. The molecular formula is C39H56O3. The molecule has 0 aliphatic heterocycles. The summed E-state index contributed by atoms with van der Waals surface area (Å²) in [5, 5.41) is 11.0. The van der Waals surface area contributed by atoms with Crippen LogP contribution in [0, 0.1) is 56.7 Å². The van der Waals surface area contributed by atoms with Crippen LogP contribution in [0.4, 0.5) is 0 Å². The van der Waals surface area contributed by atoms with Gasteiger partial charge >= 0.3 is 5.97 Å². The van der Waals surface area contributed by atoms with Gasteiger partial charge in [-0.2, -0.15) is 0 Å². The van der Waals surface area contributed by atoms with E-state index < -0.39 is 0 Å². The van der Waals surface area contributed by atoms with E-state index in [0.29, 0.717) is 47.0 Å². The zero-order valence-corrected chi connectivity index (χ0v) is 27.3. The van der Waals surface area contributed by atoms with E-state index in [1.807, 2.05) is 36.4 Å². The lowest BCUT2D eigenvalue weighted by Crippen LogP contribution is -2.66. The zero-order valence-electron chi connectivity index (χ0n) is 27.3. The number of esters is 1. The normalized spacial score (nSPS) is 45.8. The van der Waals surface area contributed by atoms with Crippen LogP contribution in [0.1, 0.15) is 111 Å². The summed E-state index contributed by atoms with van der Waals surface area (Å²) in [6, 6.07) is 9.99. The first-order valence-electron chi connectivity index (χ1n) is 17.0. The minimum absolute atomic E-state index is 0.0108. The molecular weight excluding hydrogens is 516 g/mol. The molecule has 0 saturated heterocycles. The fraction of sp³-hybridized carbons (Fsp3) is 0.718. The monoisotopic (exact) mass is 572 g/mol. The number of rotatable bonds is 5. The minimum atomic E-state index is -0.219. The first-order chi connectivity index (χ1) is 19.8. The number of hydrogen-bond donors (Lipinski definition) is 1. The molecule has 0 radical (unpaired) electrons. The molecule has 5 saturated carbocycles. The number of aliphatic hydroxyl groups is 1. The van der Waals surface area contributed by atoms with Crippen LogP contribution in [0.3, 0.4) is 0 Å². The van der Waals surface area contributed by atoms with E-state index in [-0.39, 0.29) is 28.3 Å². The van der Waals surface area contributed by atoms with E-state index in [9.17, 15) is 9.90 Å². The summed E-state index contributed by atoms with van der Waals surface area (Å²) in [6.07, 6.45) is 15.2. The van der Waals surface area contributed by atoms with Crippen molar-refractivity contribution in [3.8, 4) is 0 Å². The predicted molar refractivity (Wildman–Crippen MR) is 171 cm³/mol. The Balaban J connectivity index is 1.27. The van der Waals surface area contributed by atoms with Gasteiger partial charge in [-0.3, -0.25) is 0 Å². The Bertz CT molecular complexity index is 1230. The maximum Gasteiger partial charge on any atom is 0.330 e. The summed E-state index contributed by atoms with van der Waals surface area (Å²) in [5.74, 6) is 2.76. The number of ether oxygens (including phenoxy) is 1. The Morgan fingerprint density at radius 2 is 1.64 bits per heavy atom. The standard InChI is InChI=1S/C39H56O3/c1-26(2)28-17-22-39(25-42-33(41)16-13-27-11-9-8-10-12-27)24-23-37(6)29(34(28)39)14-15-31-36(5)20-19-32(40)35(3,4)30(36)18-21-38(31,37)7/h8-13,16,28-32,34,40H,1,14-15,17-25H2,2-7H3/b16-13+/t28-,29+,30-,31+,32-,34+,36-,37+,38+,39+/m0/s1. The zero-order chi connectivity index (χ0) is 30.1. The van der Waals surface area contributed by atoms with E-state index in [2.05, 4.69) is 48.1 Å². The number of carbonyl (C=O) groups is 1. The number of allylic oxidation sites excluding steroid dienone is 1. The molecule has 10 atom stereocenters. The Hall–Kier alpha value is -1.87. The van der Waals surface area contributed by atoms with E-state index >= 15 is 0 Å². The molecule has 1 aromatic rings. The average molecular weight is 573 g/mol. The predicted octanol–water partition coefficient (Wildman–Crippen LogP) is 9.26.